The first kappa shape index (κ1) is 13.0. The van der Waals surface area contributed by atoms with E-state index in [2.05, 4.69) is 12.2 Å². The maximum absolute atomic E-state index is 6.07. The fourth-order valence-electron chi connectivity index (χ4n) is 2.24. The SMILES string of the molecule is CCOc1cccc(NCC2(C)CCCO2)c1N. The Morgan fingerprint density at radius 2 is 2.33 bits per heavy atom. The van der Waals surface area contributed by atoms with Gasteiger partial charge in [0.15, 0.2) is 0 Å². The van der Waals surface area contributed by atoms with Crippen LogP contribution in [-0.2, 0) is 4.74 Å². The zero-order valence-electron chi connectivity index (χ0n) is 11.2. The van der Waals surface area contributed by atoms with Crippen LogP contribution >= 0.6 is 0 Å². The fraction of sp³-hybridized carbons (Fsp3) is 0.571. The second-order valence-corrected chi connectivity index (χ2v) is 4.91. The molecule has 3 N–H and O–H groups in total. The summed E-state index contributed by atoms with van der Waals surface area (Å²) < 4.78 is 11.2. The molecule has 1 aliphatic rings. The van der Waals surface area contributed by atoms with Crippen molar-refractivity contribution >= 4 is 11.4 Å². The van der Waals surface area contributed by atoms with Crippen molar-refractivity contribution in [2.45, 2.75) is 32.3 Å². The quantitative estimate of drug-likeness (QED) is 0.789. The Balaban J connectivity index is 2.02. The van der Waals surface area contributed by atoms with Crippen molar-refractivity contribution in [3.63, 3.8) is 0 Å². The lowest BCUT2D eigenvalue weighted by atomic mass is 10.0. The number of rotatable bonds is 5. The standard InChI is InChI=1S/C14H22N2O2/c1-3-17-12-7-4-6-11(13(12)15)16-10-14(2)8-5-9-18-14/h4,6-7,16H,3,5,8-10,15H2,1-2H3. The van der Waals surface area contributed by atoms with Gasteiger partial charge in [-0.25, -0.2) is 0 Å². The molecule has 0 saturated carbocycles. The largest absolute Gasteiger partial charge is 0.492 e. The van der Waals surface area contributed by atoms with Gasteiger partial charge in [0.25, 0.3) is 0 Å². The van der Waals surface area contributed by atoms with Gasteiger partial charge in [0.1, 0.15) is 5.75 Å². The minimum Gasteiger partial charge on any atom is -0.492 e. The molecule has 1 saturated heterocycles. The van der Waals surface area contributed by atoms with E-state index in [9.17, 15) is 0 Å². The van der Waals surface area contributed by atoms with Gasteiger partial charge in [0.2, 0.25) is 0 Å². The molecule has 0 aromatic heterocycles. The monoisotopic (exact) mass is 250 g/mol. The van der Waals surface area contributed by atoms with E-state index in [1.165, 1.54) is 0 Å². The molecule has 0 radical (unpaired) electrons. The van der Waals surface area contributed by atoms with Crippen molar-refractivity contribution in [1.82, 2.24) is 0 Å². The molecular formula is C14H22N2O2. The number of para-hydroxylation sites is 1. The van der Waals surface area contributed by atoms with Crippen molar-refractivity contribution in [1.29, 1.82) is 0 Å². The first-order valence-electron chi connectivity index (χ1n) is 6.54. The second kappa shape index (κ2) is 5.48. The maximum atomic E-state index is 6.07. The summed E-state index contributed by atoms with van der Waals surface area (Å²) >= 11 is 0. The Labute approximate surface area is 108 Å². The molecule has 0 amide bonds. The Morgan fingerprint density at radius 1 is 1.50 bits per heavy atom. The van der Waals surface area contributed by atoms with Crippen molar-refractivity contribution in [3.05, 3.63) is 18.2 Å². The molecule has 0 spiro atoms. The van der Waals surface area contributed by atoms with E-state index in [1.807, 2.05) is 25.1 Å². The predicted molar refractivity (Wildman–Crippen MR) is 74.1 cm³/mol. The summed E-state index contributed by atoms with van der Waals surface area (Å²) in [5, 5.41) is 3.36. The molecular weight excluding hydrogens is 228 g/mol. The maximum Gasteiger partial charge on any atom is 0.144 e. The van der Waals surface area contributed by atoms with Crippen LogP contribution in [0.1, 0.15) is 26.7 Å². The summed E-state index contributed by atoms with van der Waals surface area (Å²) in [6, 6.07) is 5.80. The van der Waals surface area contributed by atoms with E-state index >= 15 is 0 Å². The van der Waals surface area contributed by atoms with Crippen LogP contribution in [0.5, 0.6) is 5.75 Å². The number of nitrogens with one attached hydrogen (secondary N) is 1. The van der Waals surface area contributed by atoms with E-state index in [-0.39, 0.29) is 5.60 Å². The van der Waals surface area contributed by atoms with Gasteiger partial charge < -0.3 is 20.5 Å². The zero-order chi connectivity index (χ0) is 13.0. The Kier molecular flexibility index (Phi) is 3.97. The van der Waals surface area contributed by atoms with Gasteiger partial charge in [-0.3, -0.25) is 0 Å². The molecule has 1 heterocycles. The van der Waals surface area contributed by atoms with Crippen LogP contribution in [0.15, 0.2) is 18.2 Å². The summed E-state index contributed by atoms with van der Waals surface area (Å²) in [4.78, 5) is 0. The van der Waals surface area contributed by atoms with E-state index in [4.69, 9.17) is 15.2 Å². The number of hydrogen-bond donors (Lipinski definition) is 2. The van der Waals surface area contributed by atoms with Crippen LogP contribution in [0.4, 0.5) is 11.4 Å². The molecule has 4 heteroatoms. The lowest BCUT2D eigenvalue weighted by molar-refractivity contribution is 0.0315. The van der Waals surface area contributed by atoms with E-state index in [0.717, 1.165) is 37.4 Å². The normalized spacial score (nSPS) is 23.0. The number of ether oxygens (including phenoxy) is 2. The molecule has 18 heavy (non-hydrogen) atoms. The van der Waals surface area contributed by atoms with Crippen LogP contribution in [0.3, 0.4) is 0 Å². The van der Waals surface area contributed by atoms with Crippen molar-refractivity contribution in [3.8, 4) is 5.75 Å². The molecule has 0 bridgehead atoms. The average Bonchev–Trinajstić information content (AvgIpc) is 2.78. The lowest BCUT2D eigenvalue weighted by Gasteiger charge is -2.24. The molecule has 100 valence electrons. The van der Waals surface area contributed by atoms with Crippen molar-refractivity contribution in [2.75, 3.05) is 30.8 Å². The van der Waals surface area contributed by atoms with Crippen molar-refractivity contribution in [2.24, 2.45) is 0 Å². The summed E-state index contributed by atoms with van der Waals surface area (Å²) in [5.74, 6) is 0.736. The molecule has 1 aromatic rings. The number of nitrogens with two attached hydrogens (primary N) is 1. The van der Waals surface area contributed by atoms with Crippen molar-refractivity contribution < 1.29 is 9.47 Å². The van der Waals surface area contributed by atoms with E-state index in [1.54, 1.807) is 0 Å². The van der Waals surface area contributed by atoms with Gasteiger partial charge in [0.05, 0.1) is 23.6 Å². The average molecular weight is 250 g/mol. The predicted octanol–water partition coefficient (Wildman–Crippen LogP) is 2.65. The fourth-order valence-corrected chi connectivity index (χ4v) is 2.24. The third-order valence-electron chi connectivity index (χ3n) is 3.32. The lowest BCUT2D eigenvalue weighted by Crippen LogP contribution is -2.32. The highest BCUT2D eigenvalue weighted by Gasteiger charge is 2.29. The van der Waals surface area contributed by atoms with Crippen LogP contribution in [0.25, 0.3) is 0 Å². The summed E-state index contributed by atoms with van der Waals surface area (Å²) in [7, 11) is 0. The van der Waals surface area contributed by atoms with Gasteiger partial charge in [0, 0.05) is 13.2 Å². The first-order valence-corrected chi connectivity index (χ1v) is 6.54. The zero-order valence-corrected chi connectivity index (χ0v) is 11.2. The molecule has 0 aliphatic carbocycles. The summed E-state index contributed by atoms with van der Waals surface area (Å²) in [6.45, 7) is 6.33. The van der Waals surface area contributed by atoms with E-state index < -0.39 is 0 Å². The number of nitrogen functional groups attached to an aromatic ring is 1. The van der Waals surface area contributed by atoms with Gasteiger partial charge >= 0.3 is 0 Å². The first-order chi connectivity index (χ1) is 8.64. The van der Waals surface area contributed by atoms with Gasteiger partial charge in [-0.15, -0.1) is 0 Å². The van der Waals surface area contributed by atoms with Crippen LogP contribution in [0, 0.1) is 0 Å². The summed E-state index contributed by atoms with van der Waals surface area (Å²) in [5.41, 5.74) is 7.58. The Morgan fingerprint density at radius 3 is 3.00 bits per heavy atom. The molecule has 1 aliphatic heterocycles. The van der Waals surface area contributed by atoms with Crippen LogP contribution < -0.4 is 15.8 Å². The molecule has 4 nitrogen and oxygen atoms in total. The number of anilines is 2. The smallest absolute Gasteiger partial charge is 0.144 e. The topological polar surface area (TPSA) is 56.5 Å². The highest BCUT2D eigenvalue weighted by atomic mass is 16.5. The van der Waals surface area contributed by atoms with E-state index in [0.29, 0.717) is 12.3 Å². The summed E-state index contributed by atoms with van der Waals surface area (Å²) in [6.07, 6.45) is 2.22. The van der Waals surface area contributed by atoms with Crippen LogP contribution in [0.2, 0.25) is 0 Å². The molecule has 1 unspecified atom stereocenters. The molecule has 1 fully saturated rings. The van der Waals surface area contributed by atoms with Gasteiger partial charge in [-0.05, 0) is 38.8 Å². The molecule has 1 aromatic carbocycles. The number of hydrogen-bond acceptors (Lipinski definition) is 4. The third-order valence-corrected chi connectivity index (χ3v) is 3.32. The number of benzene rings is 1. The minimum absolute atomic E-state index is 0.0753. The second-order valence-electron chi connectivity index (χ2n) is 4.91. The molecule has 2 rings (SSSR count). The van der Waals surface area contributed by atoms with Gasteiger partial charge in [-0.2, -0.15) is 0 Å². The molecule has 1 atom stereocenters. The third kappa shape index (κ3) is 2.88. The Bertz CT molecular complexity index is 401. The van der Waals surface area contributed by atoms with Gasteiger partial charge in [-0.1, -0.05) is 6.07 Å². The highest BCUT2D eigenvalue weighted by Crippen LogP contribution is 2.31. The minimum atomic E-state index is -0.0753. The van der Waals surface area contributed by atoms with Crippen LogP contribution in [-0.4, -0.2) is 25.4 Å². The highest BCUT2D eigenvalue weighted by molar-refractivity contribution is 5.73. The Hall–Kier alpha value is -1.42.